The molecule has 1 spiro atoms. The fraction of sp³-hybridized carbons (Fsp3) is 0.647. The zero-order valence-electron chi connectivity index (χ0n) is 14.1. The molecule has 5 nitrogen and oxygen atoms in total. The molecular formula is C17H26N2O3S. The Morgan fingerprint density at radius 2 is 2.00 bits per heavy atom. The quantitative estimate of drug-likeness (QED) is 0.917. The van der Waals surface area contributed by atoms with E-state index in [1.165, 1.54) is 11.3 Å². The number of nitrogens with one attached hydrogen (secondary N) is 1. The van der Waals surface area contributed by atoms with Crippen molar-refractivity contribution in [3.05, 3.63) is 23.8 Å². The molecule has 23 heavy (non-hydrogen) atoms. The fourth-order valence-corrected chi connectivity index (χ4v) is 4.30. The minimum absolute atomic E-state index is 0.0845. The van der Waals surface area contributed by atoms with Crippen LogP contribution in [0, 0.1) is 0 Å². The predicted octanol–water partition coefficient (Wildman–Crippen LogP) is 2.72. The van der Waals surface area contributed by atoms with E-state index in [0.717, 1.165) is 32.6 Å². The van der Waals surface area contributed by atoms with Crippen molar-refractivity contribution >= 4 is 21.4 Å². The number of fused-ring (bicyclic) bond motifs is 2. The molecule has 2 heterocycles. The van der Waals surface area contributed by atoms with Crippen molar-refractivity contribution in [1.82, 2.24) is 0 Å². The maximum Gasteiger partial charge on any atom is 0.232 e. The smallest absolute Gasteiger partial charge is 0.232 e. The van der Waals surface area contributed by atoms with Gasteiger partial charge in [0, 0.05) is 42.6 Å². The Hall–Kier alpha value is -1.27. The average molecular weight is 338 g/mol. The van der Waals surface area contributed by atoms with Crippen molar-refractivity contribution in [3.8, 4) is 0 Å². The largest absolute Gasteiger partial charge is 0.381 e. The first-order chi connectivity index (χ1) is 10.9. The van der Waals surface area contributed by atoms with Crippen LogP contribution < -0.4 is 9.62 Å². The van der Waals surface area contributed by atoms with Gasteiger partial charge >= 0.3 is 0 Å². The summed E-state index contributed by atoms with van der Waals surface area (Å²) >= 11 is 0. The summed E-state index contributed by atoms with van der Waals surface area (Å²) in [6.07, 6.45) is 1.99. The molecule has 1 saturated heterocycles. The zero-order valence-corrected chi connectivity index (χ0v) is 14.9. The van der Waals surface area contributed by atoms with Crippen LogP contribution in [-0.4, -0.2) is 40.0 Å². The Bertz CT molecular complexity index is 679. The summed E-state index contributed by atoms with van der Waals surface area (Å²) in [6.45, 7) is 8.60. The van der Waals surface area contributed by atoms with Gasteiger partial charge in [0.2, 0.25) is 10.0 Å². The van der Waals surface area contributed by atoms with Crippen LogP contribution in [0.25, 0.3) is 0 Å². The Morgan fingerprint density at radius 3 is 2.61 bits per heavy atom. The number of hydrogen-bond donors (Lipinski definition) is 1. The fourth-order valence-electron chi connectivity index (χ4n) is 3.67. The molecular weight excluding hydrogens is 312 g/mol. The lowest BCUT2D eigenvalue weighted by atomic mass is 9.76. The summed E-state index contributed by atoms with van der Waals surface area (Å²) in [4.78, 5) is 2.43. The number of ether oxygens (including phenoxy) is 1. The Balaban J connectivity index is 2.02. The second kappa shape index (κ2) is 5.98. The van der Waals surface area contributed by atoms with E-state index in [0.29, 0.717) is 11.7 Å². The summed E-state index contributed by atoms with van der Waals surface area (Å²) < 4.78 is 32.0. The van der Waals surface area contributed by atoms with Crippen molar-refractivity contribution in [3.63, 3.8) is 0 Å². The van der Waals surface area contributed by atoms with Gasteiger partial charge in [-0.15, -0.1) is 0 Å². The molecule has 0 atom stereocenters. The van der Waals surface area contributed by atoms with E-state index in [2.05, 4.69) is 29.5 Å². The van der Waals surface area contributed by atoms with Gasteiger partial charge in [0.05, 0.1) is 5.75 Å². The summed E-state index contributed by atoms with van der Waals surface area (Å²) in [5.41, 5.74) is 3.26. The lowest BCUT2D eigenvalue weighted by molar-refractivity contribution is 0.0551. The molecule has 0 bridgehead atoms. The first-order valence-electron chi connectivity index (χ1n) is 8.36. The van der Waals surface area contributed by atoms with Crippen molar-refractivity contribution in [1.29, 1.82) is 0 Å². The number of rotatable bonds is 4. The van der Waals surface area contributed by atoms with Gasteiger partial charge in [-0.2, -0.15) is 0 Å². The van der Waals surface area contributed by atoms with Crippen LogP contribution in [0.1, 0.15) is 39.2 Å². The third kappa shape index (κ3) is 3.06. The summed E-state index contributed by atoms with van der Waals surface area (Å²) in [5, 5.41) is 0. The van der Waals surface area contributed by atoms with Gasteiger partial charge in [0.1, 0.15) is 0 Å². The Labute approximate surface area is 139 Å². The monoisotopic (exact) mass is 338 g/mol. The summed E-state index contributed by atoms with van der Waals surface area (Å²) in [7, 11) is -3.25. The lowest BCUT2D eigenvalue weighted by Crippen LogP contribution is -2.40. The van der Waals surface area contributed by atoms with E-state index in [9.17, 15) is 8.42 Å². The highest BCUT2D eigenvalue weighted by Crippen LogP contribution is 2.48. The highest BCUT2D eigenvalue weighted by molar-refractivity contribution is 7.92. The normalized spacial score (nSPS) is 20.1. The van der Waals surface area contributed by atoms with Gasteiger partial charge in [0.15, 0.2) is 0 Å². The van der Waals surface area contributed by atoms with Crippen LogP contribution in [0.3, 0.4) is 0 Å². The maximum absolute atomic E-state index is 11.9. The number of sulfonamides is 1. The van der Waals surface area contributed by atoms with E-state index < -0.39 is 10.0 Å². The Kier molecular flexibility index (Phi) is 4.31. The van der Waals surface area contributed by atoms with Crippen LogP contribution in [0.5, 0.6) is 0 Å². The number of anilines is 2. The number of hydrogen-bond acceptors (Lipinski definition) is 4. The number of nitrogens with zero attached hydrogens (tertiary/aromatic N) is 1. The standard InChI is InChI=1S/C17H26N2O3S/c1-4-23(20,21)18-14-5-6-16-15(11-14)17(7-9-22-10-8-17)12-19(16)13(2)3/h5-6,11,13,18H,4,7-10,12H2,1-3H3. The molecule has 6 heteroatoms. The Morgan fingerprint density at radius 1 is 1.30 bits per heavy atom. The molecule has 0 radical (unpaired) electrons. The first-order valence-corrected chi connectivity index (χ1v) is 10.0. The van der Waals surface area contributed by atoms with Crippen LogP contribution >= 0.6 is 0 Å². The third-order valence-electron chi connectivity index (χ3n) is 5.08. The van der Waals surface area contributed by atoms with Crippen LogP contribution in [-0.2, 0) is 20.2 Å². The van der Waals surface area contributed by atoms with E-state index in [4.69, 9.17) is 4.74 Å². The second-order valence-electron chi connectivity index (χ2n) is 6.85. The molecule has 128 valence electrons. The molecule has 1 aromatic carbocycles. The molecule has 2 aliphatic rings. The zero-order chi connectivity index (χ0) is 16.7. The van der Waals surface area contributed by atoms with Crippen LogP contribution in [0.15, 0.2) is 18.2 Å². The third-order valence-corrected chi connectivity index (χ3v) is 6.38. The van der Waals surface area contributed by atoms with E-state index >= 15 is 0 Å². The molecule has 3 rings (SSSR count). The van der Waals surface area contributed by atoms with Gasteiger partial charge < -0.3 is 9.64 Å². The van der Waals surface area contributed by atoms with Gasteiger partial charge in [-0.1, -0.05) is 0 Å². The van der Waals surface area contributed by atoms with Crippen molar-refractivity contribution in [2.75, 3.05) is 35.1 Å². The summed E-state index contributed by atoms with van der Waals surface area (Å²) in [6, 6.07) is 6.40. The van der Waals surface area contributed by atoms with Gasteiger partial charge in [-0.25, -0.2) is 8.42 Å². The molecule has 0 amide bonds. The molecule has 0 saturated carbocycles. The molecule has 0 aromatic heterocycles. The highest BCUT2D eigenvalue weighted by Gasteiger charge is 2.44. The van der Waals surface area contributed by atoms with Crippen LogP contribution in [0.4, 0.5) is 11.4 Å². The topological polar surface area (TPSA) is 58.6 Å². The highest BCUT2D eigenvalue weighted by atomic mass is 32.2. The molecule has 0 unspecified atom stereocenters. The van der Waals surface area contributed by atoms with Crippen LogP contribution in [0.2, 0.25) is 0 Å². The van der Waals surface area contributed by atoms with E-state index in [1.54, 1.807) is 6.92 Å². The van der Waals surface area contributed by atoms with Gasteiger partial charge in [-0.3, -0.25) is 4.72 Å². The van der Waals surface area contributed by atoms with Crippen molar-refractivity contribution in [2.45, 2.75) is 45.1 Å². The molecule has 1 fully saturated rings. The van der Waals surface area contributed by atoms with Crippen molar-refractivity contribution in [2.24, 2.45) is 0 Å². The minimum atomic E-state index is -3.25. The van der Waals surface area contributed by atoms with Crippen molar-refractivity contribution < 1.29 is 13.2 Å². The average Bonchev–Trinajstić information content (AvgIpc) is 2.82. The van der Waals surface area contributed by atoms with Gasteiger partial charge in [0.25, 0.3) is 0 Å². The van der Waals surface area contributed by atoms with E-state index in [1.807, 2.05) is 12.1 Å². The SMILES string of the molecule is CCS(=O)(=O)Nc1ccc2c(c1)C1(CCOCC1)CN2C(C)C. The summed E-state index contributed by atoms with van der Waals surface area (Å²) in [5.74, 6) is 0.0845. The minimum Gasteiger partial charge on any atom is -0.381 e. The van der Waals surface area contributed by atoms with Gasteiger partial charge in [-0.05, 0) is 57.4 Å². The molecule has 1 N–H and O–H groups in total. The lowest BCUT2D eigenvalue weighted by Gasteiger charge is -2.35. The predicted molar refractivity (Wildman–Crippen MR) is 93.7 cm³/mol. The molecule has 0 aliphatic carbocycles. The number of benzene rings is 1. The molecule has 2 aliphatic heterocycles. The first kappa shape index (κ1) is 16.6. The molecule has 1 aromatic rings. The van der Waals surface area contributed by atoms with E-state index in [-0.39, 0.29) is 11.2 Å². The second-order valence-corrected chi connectivity index (χ2v) is 8.86. The maximum atomic E-state index is 11.9.